The molecule has 9 aromatic rings. The van der Waals surface area contributed by atoms with Gasteiger partial charge in [0.2, 0.25) is 0 Å². The number of anilines is 3. The average Bonchev–Trinajstić information content (AvgIpc) is 3.61. The highest BCUT2D eigenvalue weighted by atomic mass is 32.1. The molecule has 0 bridgehead atoms. The Morgan fingerprint density at radius 3 is 2.02 bits per heavy atom. The van der Waals surface area contributed by atoms with Crippen molar-refractivity contribution in [2.45, 2.75) is 0 Å². The van der Waals surface area contributed by atoms with Crippen molar-refractivity contribution in [1.82, 2.24) is 4.57 Å². The molecule has 43 heavy (non-hydrogen) atoms. The number of thiophene rings is 1. The lowest BCUT2D eigenvalue weighted by Gasteiger charge is -2.27. The van der Waals surface area contributed by atoms with Gasteiger partial charge in [-0.15, -0.1) is 11.3 Å². The topological polar surface area (TPSA) is 8.17 Å². The predicted octanol–water partition coefficient (Wildman–Crippen LogP) is 11.8. The molecule has 9 rings (SSSR count). The van der Waals surface area contributed by atoms with Crippen LogP contribution in [0, 0.1) is 0 Å². The summed E-state index contributed by atoms with van der Waals surface area (Å²) in [4.78, 5) is 2.39. The van der Waals surface area contributed by atoms with Gasteiger partial charge in [0.25, 0.3) is 0 Å². The maximum absolute atomic E-state index is 2.43. The van der Waals surface area contributed by atoms with Gasteiger partial charge >= 0.3 is 0 Å². The van der Waals surface area contributed by atoms with Gasteiger partial charge in [0.15, 0.2) is 0 Å². The van der Waals surface area contributed by atoms with E-state index in [0.717, 1.165) is 22.7 Å². The third kappa shape index (κ3) is 3.72. The predicted molar refractivity (Wildman–Crippen MR) is 186 cm³/mol. The molecule has 0 aliphatic rings. The third-order valence-corrected chi connectivity index (χ3v) is 9.76. The molecule has 2 heterocycles. The first kappa shape index (κ1) is 24.2. The van der Waals surface area contributed by atoms with Crippen LogP contribution in [0.15, 0.2) is 158 Å². The molecule has 3 heteroatoms. The van der Waals surface area contributed by atoms with Crippen molar-refractivity contribution in [3.05, 3.63) is 158 Å². The van der Waals surface area contributed by atoms with Crippen LogP contribution >= 0.6 is 11.3 Å². The zero-order chi connectivity index (χ0) is 28.3. The highest BCUT2D eigenvalue weighted by molar-refractivity contribution is 7.26. The molecule has 0 spiro atoms. The van der Waals surface area contributed by atoms with Gasteiger partial charge in [-0.2, -0.15) is 0 Å². The van der Waals surface area contributed by atoms with Crippen LogP contribution in [0.1, 0.15) is 0 Å². The molecule has 0 aliphatic heterocycles. The van der Waals surface area contributed by atoms with Gasteiger partial charge in [0, 0.05) is 53.4 Å². The van der Waals surface area contributed by atoms with Crippen molar-refractivity contribution in [1.29, 1.82) is 0 Å². The van der Waals surface area contributed by atoms with Crippen molar-refractivity contribution in [3.63, 3.8) is 0 Å². The van der Waals surface area contributed by atoms with Crippen LogP contribution in [-0.4, -0.2) is 4.57 Å². The number of nitrogens with zero attached hydrogens (tertiary/aromatic N) is 2. The molecule has 0 radical (unpaired) electrons. The molecule has 2 aromatic heterocycles. The van der Waals surface area contributed by atoms with Crippen LogP contribution in [-0.2, 0) is 0 Å². The Kier molecular flexibility index (Phi) is 5.40. The first-order chi connectivity index (χ1) is 21.3. The molecule has 0 fully saturated rings. The monoisotopic (exact) mass is 566 g/mol. The van der Waals surface area contributed by atoms with Crippen LogP contribution in [0.25, 0.3) is 58.4 Å². The van der Waals surface area contributed by atoms with E-state index in [0.29, 0.717) is 0 Å². The molecule has 2 nitrogen and oxygen atoms in total. The van der Waals surface area contributed by atoms with Crippen molar-refractivity contribution >= 4 is 81.1 Å². The van der Waals surface area contributed by atoms with Crippen molar-refractivity contribution < 1.29 is 0 Å². The number of rotatable bonds is 4. The normalized spacial score (nSPS) is 11.7. The van der Waals surface area contributed by atoms with E-state index in [2.05, 4.69) is 167 Å². The molecule has 0 unspecified atom stereocenters. The lowest BCUT2D eigenvalue weighted by atomic mass is 10.1. The number of fused-ring (bicyclic) bond motifs is 8. The number of hydrogen-bond donors (Lipinski definition) is 0. The minimum atomic E-state index is 1.13. The zero-order valence-electron chi connectivity index (χ0n) is 23.3. The Bertz CT molecular complexity index is 2450. The minimum Gasteiger partial charge on any atom is -0.310 e. The van der Waals surface area contributed by atoms with Gasteiger partial charge in [-0.25, -0.2) is 0 Å². The summed E-state index contributed by atoms with van der Waals surface area (Å²) in [6.45, 7) is 0. The summed E-state index contributed by atoms with van der Waals surface area (Å²) < 4.78 is 5.11. The van der Waals surface area contributed by atoms with Crippen LogP contribution < -0.4 is 4.90 Å². The Morgan fingerprint density at radius 1 is 0.465 bits per heavy atom. The largest absolute Gasteiger partial charge is 0.310 e. The lowest BCUT2D eigenvalue weighted by Crippen LogP contribution is -2.10. The molecular formula is C40H26N2S. The van der Waals surface area contributed by atoms with Crippen molar-refractivity contribution in [3.8, 4) is 5.69 Å². The molecule has 0 saturated carbocycles. The molecule has 0 aliphatic carbocycles. The fourth-order valence-corrected chi connectivity index (χ4v) is 7.93. The van der Waals surface area contributed by atoms with E-state index in [-0.39, 0.29) is 0 Å². The first-order valence-electron chi connectivity index (χ1n) is 14.6. The van der Waals surface area contributed by atoms with E-state index < -0.39 is 0 Å². The molecule has 0 N–H and O–H groups in total. The molecule has 202 valence electrons. The smallest absolute Gasteiger partial charge is 0.0562 e. The van der Waals surface area contributed by atoms with E-state index >= 15 is 0 Å². The molecule has 0 atom stereocenters. The molecular weight excluding hydrogens is 541 g/mol. The zero-order valence-corrected chi connectivity index (χ0v) is 24.1. The van der Waals surface area contributed by atoms with E-state index in [1.165, 1.54) is 52.8 Å². The third-order valence-electron chi connectivity index (χ3n) is 8.55. The summed E-state index contributed by atoms with van der Waals surface area (Å²) in [6.07, 6.45) is 0. The van der Waals surface area contributed by atoms with E-state index in [9.17, 15) is 0 Å². The first-order valence-corrected chi connectivity index (χ1v) is 15.4. The van der Waals surface area contributed by atoms with Gasteiger partial charge in [-0.3, -0.25) is 0 Å². The van der Waals surface area contributed by atoms with E-state index in [4.69, 9.17) is 0 Å². The van der Waals surface area contributed by atoms with Gasteiger partial charge in [-0.1, -0.05) is 103 Å². The highest BCUT2D eigenvalue weighted by Crippen LogP contribution is 2.45. The number of aromatic nitrogens is 1. The maximum Gasteiger partial charge on any atom is 0.0562 e. The van der Waals surface area contributed by atoms with Crippen molar-refractivity contribution in [2.24, 2.45) is 0 Å². The fraction of sp³-hybridized carbons (Fsp3) is 0. The lowest BCUT2D eigenvalue weighted by molar-refractivity contribution is 1.18. The second kappa shape index (κ2) is 9.59. The summed E-state index contributed by atoms with van der Waals surface area (Å²) in [5, 5.41) is 7.70. The maximum atomic E-state index is 2.43. The second-order valence-corrected chi connectivity index (χ2v) is 12.0. The number of hydrogen-bond acceptors (Lipinski definition) is 2. The highest BCUT2D eigenvalue weighted by Gasteiger charge is 2.21. The fourth-order valence-electron chi connectivity index (χ4n) is 6.67. The summed E-state index contributed by atoms with van der Waals surface area (Å²) in [5.74, 6) is 0. The number of para-hydroxylation sites is 2. The van der Waals surface area contributed by atoms with Crippen LogP contribution in [0.5, 0.6) is 0 Å². The van der Waals surface area contributed by atoms with Gasteiger partial charge in [-0.05, 0) is 60.0 Å². The standard InChI is InChI=1S/C40H26N2S/c1-3-14-28(15-4-1)41(35-20-11-13-27-12-7-8-18-31(27)35)30-22-23-34-37(26-30)42(29-16-5-2-6-17-29)36-25-24-33-32-19-9-10-21-38(32)43-40(33)39(34)36/h1-26H. The summed E-state index contributed by atoms with van der Waals surface area (Å²) >= 11 is 1.90. The van der Waals surface area contributed by atoms with Crippen LogP contribution in [0.2, 0.25) is 0 Å². The quantitative estimate of drug-likeness (QED) is 0.206. The molecule has 0 amide bonds. The Balaban J connectivity index is 1.39. The van der Waals surface area contributed by atoms with Crippen molar-refractivity contribution in [2.75, 3.05) is 4.90 Å². The molecule has 7 aromatic carbocycles. The number of benzene rings is 7. The van der Waals surface area contributed by atoms with E-state index in [1.54, 1.807) is 0 Å². The molecule has 0 saturated heterocycles. The van der Waals surface area contributed by atoms with Crippen LogP contribution in [0.3, 0.4) is 0 Å². The van der Waals surface area contributed by atoms with Gasteiger partial charge in [0.05, 0.1) is 16.7 Å². The van der Waals surface area contributed by atoms with Gasteiger partial charge < -0.3 is 9.47 Å². The summed E-state index contributed by atoms with van der Waals surface area (Å²) in [5.41, 5.74) is 7.02. The SMILES string of the molecule is c1ccc(N(c2ccc3c4c5sc6ccccc6c5ccc4n(-c4ccccc4)c3c2)c2cccc3ccccc23)cc1. The summed E-state index contributed by atoms with van der Waals surface area (Å²) in [7, 11) is 0. The Morgan fingerprint density at radius 2 is 1.16 bits per heavy atom. The Hall–Kier alpha value is -5.38. The van der Waals surface area contributed by atoms with Gasteiger partial charge in [0.1, 0.15) is 0 Å². The Labute approximate surface area is 253 Å². The van der Waals surface area contributed by atoms with E-state index in [1.807, 2.05) is 11.3 Å². The summed E-state index contributed by atoms with van der Waals surface area (Å²) in [6, 6.07) is 57.1. The average molecular weight is 567 g/mol. The van der Waals surface area contributed by atoms with Crippen LogP contribution in [0.4, 0.5) is 17.1 Å². The minimum absolute atomic E-state index is 1.13. The second-order valence-electron chi connectivity index (χ2n) is 11.0.